The van der Waals surface area contributed by atoms with E-state index in [1.807, 2.05) is 0 Å². The van der Waals surface area contributed by atoms with E-state index < -0.39 is 47.3 Å². The number of carbonyl (C=O) groups excluding carboxylic acids is 2. The number of fused-ring (bicyclic) bond motifs is 1. The van der Waals surface area contributed by atoms with Crippen molar-refractivity contribution >= 4 is 47.3 Å². The molecule has 2 aromatic rings. The van der Waals surface area contributed by atoms with Crippen LogP contribution >= 0.6 is 23.5 Å². The average Bonchev–Trinajstić information content (AvgIpc) is 3.24. The molecular weight excluding hydrogens is 540 g/mol. The van der Waals surface area contributed by atoms with Gasteiger partial charge in [-0.05, 0) is 23.3 Å². The number of aromatic hydroxyl groups is 1. The number of amides is 2. The molecule has 1 aromatic heterocycles. The van der Waals surface area contributed by atoms with E-state index in [1.165, 1.54) is 47.7 Å². The Morgan fingerprint density at radius 1 is 1.26 bits per heavy atom. The summed E-state index contributed by atoms with van der Waals surface area (Å²) in [7, 11) is 2.81. The Morgan fingerprint density at radius 2 is 1.95 bits per heavy atom. The van der Waals surface area contributed by atoms with E-state index in [0.29, 0.717) is 16.3 Å². The lowest BCUT2D eigenvalue weighted by molar-refractivity contribution is -0.150. The summed E-state index contributed by atoms with van der Waals surface area (Å²) in [6, 6.07) is 3.75. The number of β-lactam (4-membered cyclic amide) rings is 1. The van der Waals surface area contributed by atoms with Crippen LogP contribution in [0.3, 0.4) is 0 Å². The number of carboxylic acids is 2. The van der Waals surface area contributed by atoms with Crippen LogP contribution in [0.5, 0.6) is 5.75 Å². The van der Waals surface area contributed by atoms with Gasteiger partial charge >= 0.3 is 11.9 Å². The van der Waals surface area contributed by atoms with Gasteiger partial charge in [-0.2, -0.15) is 0 Å². The van der Waals surface area contributed by atoms with Gasteiger partial charge in [0.05, 0.1) is 0 Å². The molecule has 38 heavy (non-hydrogen) atoms. The fourth-order valence-electron chi connectivity index (χ4n) is 4.02. The Labute approximate surface area is 224 Å². The molecule has 0 aliphatic carbocycles. The van der Waals surface area contributed by atoms with Gasteiger partial charge in [-0.25, -0.2) is 9.59 Å². The van der Waals surface area contributed by atoms with E-state index in [-0.39, 0.29) is 28.8 Å². The van der Waals surface area contributed by atoms with E-state index in [2.05, 4.69) is 15.5 Å². The lowest BCUT2D eigenvalue weighted by Gasteiger charge is -2.49. The number of methoxy groups -OCH3 is 1. The highest BCUT2D eigenvalue weighted by atomic mass is 32.2. The molecule has 0 saturated carbocycles. The van der Waals surface area contributed by atoms with Crippen molar-refractivity contribution in [3.05, 3.63) is 46.9 Å². The Balaban J connectivity index is 1.45. The summed E-state index contributed by atoms with van der Waals surface area (Å²) in [6.45, 7) is 0. The molecule has 4 rings (SSSR count). The highest BCUT2D eigenvalue weighted by Crippen LogP contribution is 2.41. The van der Waals surface area contributed by atoms with Crippen molar-refractivity contribution in [2.75, 3.05) is 18.6 Å². The largest absolute Gasteiger partial charge is 0.508 e. The number of nitrogens with zero attached hydrogens (tertiary/aromatic N) is 4. The zero-order valence-corrected chi connectivity index (χ0v) is 21.7. The van der Waals surface area contributed by atoms with Crippen molar-refractivity contribution in [2.45, 2.75) is 28.7 Å². The molecule has 16 heteroatoms. The predicted molar refractivity (Wildman–Crippen MR) is 134 cm³/mol. The maximum Gasteiger partial charge on any atom is 0.352 e. The Bertz CT molecular complexity index is 1310. The Kier molecular flexibility index (Phi) is 7.96. The number of hydrogen-bond acceptors (Lipinski definition) is 11. The van der Waals surface area contributed by atoms with Crippen LogP contribution in [0.2, 0.25) is 0 Å². The van der Waals surface area contributed by atoms with Gasteiger partial charge < -0.3 is 35.7 Å². The minimum absolute atomic E-state index is 0.0192. The number of aliphatic carboxylic acids is 2. The standard InChI is InChI=1S/C22H24N6O8S2/c1-27-16(15(36-2)21(34)35)25-26-22(27)38-8-10-7-37-19-13(18(31)28(19)14(10)20(32)33)24-17(30)12(23)9-3-5-11(29)6-4-9/h3-6,12-13,15,19,29H,7-8,23H2,1-2H3,(H,24,30)(H,32,33)(H,34,35)/t12?,13?,15?,19-/m0/s1. The number of phenolic OH excluding ortho intramolecular Hbond substituents is 1. The average molecular weight is 565 g/mol. The molecule has 3 heterocycles. The van der Waals surface area contributed by atoms with E-state index in [1.54, 1.807) is 7.05 Å². The second kappa shape index (κ2) is 11.0. The predicted octanol–water partition coefficient (Wildman–Crippen LogP) is -0.176. The summed E-state index contributed by atoms with van der Waals surface area (Å²) in [5.41, 5.74) is 6.74. The van der Waals surface area contributed by atoms with Crippen molar-refractivity contribution in [1.29, 1.82) is 0 Å². The lowest BCUT2D eigenvalue weighted by Crippen LogP contribution is -2.71. The van der Waals surface area contributed by atoms with Crippen LogP contribution in [-0.4, -0.2) is 88.8 Å². The van der Waals surface area contributed by atoms with Crippen LogP contribution in [0, 0.1) is 0 Å². The zero-order chi connectivity index (χ0) is 27.7. The molecule has 1 aromatic carbocycles. The minimum atomic E-state index is -1.31. The van der Waals surface area contributed by atoms with Crippen LogP contribution in [0.15, 0.2) is 40.7 Å². The second-order valence-corrected chi connectivity index (χ2v) is 10.4. The van der Waals surface area contributed by atoms with Crippen molar-refractivity contribution in [3.63, 3.8) is 0 Å². The van der Waals surface area contributed by atoms with E-state index in [4.69, 9.17) is 10.5 Å². The molecule has 2 aliphatic rings. The molecule has 6 N–H and O–H groups in total. The minimum Gasteiger partial charge on any atom is -0.508 e. The van der Waals surface area contributed by atoms with Crippen LogP contribution in [0.4, 0.5) is 0 Å². The third kappa shape index (κ3) is 5.07. The van der Waals surface area contributed by atoms with Crippen molar-refractivity contribution in [1.82, 2.24) is 25.0 Å². The van der Waals surface area contributed by atoms with Gasteiger partial charge in [0, 0.05) is 25.7 Å². The van der Waals surface area contributed by atoms with Crippen LogP contribution in [-0.2, 0) is 31.0 Å². The Hall–Kier alpha value is -3.60. The fraction of sp³-hybridized carbons (Fsp3) is 0.364. The smallest absolute Gasteiger partial charge is 0.352 e. The van der Waals surface area contributed by atoms with Crippen LogP contribution < -0.4 is 11.1 Å². The summed E-state index contributed by atoms with van der Waals surface area (Å²) in [4.78, 5) is 50.2. The van der Waals surface area contributed by atoms with E-state index in [0.717, 1.165) is 16.7 Å². The molecule has 0 spiro atoms. The highest BCUT2D eigenvalue weighted by Gasteiger charge is 2.54. The number of carboxylic acid groups (broad SMARTS) is 2. The van der Waals surface area contributed by atoms with Gasteiger partial charge in [-0.15, -0.1) is 22.0 Å². The second-order valence-electron chi connectivity index (χ2n) is 8.37. The molecule has 2 aliphatic heterocycles. The fourth-order valence-corrected chi connectivity index (χ4v) is 6.42. The molecule has 1 saturated heterocycles. The first-order valence-corrected chi connectivity index (χ1v) is 13.1. The third-order valence-corrected chi connectivity index (χ3v) is 8.47. The van der Waals surface area contributed by atoms with Crippen LogP contribution in [0.25, 0.3) is 0 Å². The molecule has 0 radical (unpaired) electrons. The normalized spacial score (nSPS) is 20.4. The first-order valence-electron chi connectivity index (χ1n) is 11.1. The van der Waals surface area contributed by atoms with Crippen molar-refractivity contribution in [3.8, 4) is 5.75 Å². The summed E-state index contributed by atoms with van der Waals surface area (Å²) >= 11 is 2.45. The number of aromatic nitrogens is 3. The number of ether oxygens (including phenoxy) is 1. The monoisotopic (exact) mass is 564 g/mol. The summed E-state index contributed by atoms with van der Waals surface area (Å²) in [5, 5.41) is 38.8. The number of rotatable bonds is 10. The number of nitrogens with two attached hydrogens (primary N) is 1. The van der Waals surface area contributed by atoms with Gasteiger partial charge in [-0.3, -0.25) is 14.5 Å². The third-order valence-electron chi connectivity index (χ3n) is 6.02. The van der Waals surface area contributed by atoms with Crippen molar-refractivity contribution in [2.24, 2.45) is 12.8 Å². The summed E-state index contributed by atoms with van der Waals surface area (Å²) in [6.07, 6.45) is -1.31. The van der Waals surface area contributed by atoms with E-state index >= 15 is 0 Å². The molecule has 4 atom stereocenters. The first-order chi connectivity index (χ1) is 18.0. The molecule has 2 amide bonds. The molecule has 0 bridgehead atoms. The summed E-state index contributed by atoms with van der Waals surface area (Å²) in [5.74, 6) is -3.16. The lowest BCUT2D eigenvalue weighted by atomic mass is 10.0. The zero-order valence-electron chi connectivity index (χ0n) is 20.1. The topological polar surface area (TPSA) is 210 Å². The number of benzene rings is 1. The Morgan fingerprint density at radius 3 is 2.55 bits per heavy atom. The van der Waals surface area contributed by atoms with E-state index in [9.17, 15) is 34.5 Å². The number of carbonyl (C=O) groups is 4. The quantitative estimate of drug-likeness (QED) is 0.188. The maximum atomic E-state index is 12.9. The molecule has 1 fully saturated rings. The van der Waals surface area contributed by atoms with Crippen molar-refractivity contribution < 1.29 is 39.2 Å². The van der Waals surface area contributed by atoms with Gasteiger partial charge in [0.15, 0.2) is 11.0 Å². The number of nitrogens with one attached hydrogen (secondary N) is 1. The van der Waals surface area contributed by atoms with Gasteiger partial charge in [0.2, 0.25) is 12.0 Å². The van der Waals surface area contributed by atoms with Gasteiger partial charge in [0.25, 0.3) is 5.91 Å². The highest BCUT2D eigenvalue weighted by molar-refractivity contribution is 8.01. The summed E-state index contributed by atoms with van der Waals surface area (Å²) < 4.78 is 6.40. The number of hydrogen-bond donors (Lipinski definition) is 5. The number of phenols is 1. The molecule has 3 unspecified atom stereocenters. The van der Waals surface area contributed by atoms with Gasteiger partial charge in [0.1, 0.15) is 28.9 Å². The van der Waals surface area contributed by atoms with Crippen LogP contribution in [0.1, 0.15) is 23.5 Å². The maximum absolute atomic E-state index is 12.9. The first kappa shape index (κ1) is 27.4. The molecular formula is C22H24N6O8S2. The van der Waals surface area contributed by atoms with Gasteiger partial charge in [-0.1, -0.05) is 23.9 Å². The molecule has 14 nitrogen and oxygen atoms in total. The number of thioether (sulfide) groups is 2. The SMILES string of the molecule is COC(C(=O)O)c1nnc(SCC2=C(C(=O)O)N3C(=O)C(NC(=O)C(N)c4ccc(O)cc4)[C@@H]3SC2)n1C. The molecule has 202 valence electrons.